The Hall–Kier alpha value is -3.31. The number of anilines is 1. The van der Waals surface area contributed by atoms with E-state index in [0.29, 0.717) is 47.1 Å². The van der Waals surface area contributed by atoms with Crippen molar-refractivity contribution in [3.8, 4) is 11.4 Å². The third-order valence-electron chi connectivity index (χ3n) is 7.07. The van der Waals surface area contributed by atoms with Crippen molar-refractivity contribution in [2.45, 2.75) is 37.4 Å². The standard InChI is InChI=1S/C24H24F3N7O/c25-24(26,27)19-8-16-15(4-5-30-21(16)32-19)22-31-18-11-29-10-17(13-2-1-3-13)20(18)23(33-22)34-7-6-28-9-14(34)12-35/h4-5,8,10-11,13-14,28,35H,1-3,6-7,9,12H2,(H,30,32). The number of hydrogen-bond donors (Lipinski definition) is 3. The third kappa shape index (κ3) is 3.79. The molecule has 1 unspecified atom stereocenters. The van der Waals surface area contributed by atoms with Gasteiger partial charge in [-0.25, -0.2) is 15.0 Å². The summed E-state index contributed by atoms with van der Waals surface area (Å²) in [6.07, 6.45) is 3.78. The zero-order chi connectivity index (χ0) is 24.2. The minimum atomic E-state index is -4.52. The topological polar surface area (TPSA) is 103 Å². The zero-order valence-corrected chi connectivity index (χ0v) is 18.8. The third-order valence-corrected chi connectivity index (χ3v) is 7.07. The van der Waals surface area contributed by atoms with E-state index in [2.05, 4.69) is 25.2 Å². The molecule has 1 saturated carbocycles. The minimum Gasteiger partial charge on any atom is -0.394 e. The Morgan fingerprint density at radius 1 is 1.17 bits per heavy atom. The first-order valence-corrected chi connectivity index (χ1v) is 11.7. The summed E-state index contributed by atoms with van der Waals surface area (Å²) >= 11 is 0. The highest BCUT2D eigenvalue weighted by atomic mass is 19.4. The number of aliphatic hydroxyl groups excluding tert-OH is 1. The van der Waals surface area contributed by atoms with Crippen LogP contribution in [0, 0.1) is 0 Å². The highest BCUT2D eigenvalue weighted by molar-refractivity contribution is 5.97. The molecular weight excluding hydrogens is 459 g/mol. The molecule has 0 aromatic carbocycles. The summed E-state index contributed by atoms with van der Waals surface area (Å²) in [7, 11) is 0. The van der Waals surface area contributed by atoms with Gasteiger partial charge in [-0.1, -0.05) is 6.42 Å². The Labute approximate surface area is 198 Å². The van der Waals surface area contributed by atoms with Gasteiger partial charge < -0.3 is 20.3 Å². The first-order valence-electron chi connectivity index (χ1n) is 11.7. The van der Waals surface area contributed by atoms with Gasteiger partial charge in [0.1, 0.15) is 17.2 Å². The number of alkyl halides is 3. The van der Waals surface area contributed by atoms with Crippen molar-refractivity contribution in [3.05, 3.63) is 42.0 Å². The average molecular weight is 483 g/mol. The number of piperazine rings is 1. The zero-order valence-electron chi connectivity index (χ0n) is 18.8. The average Bonchev–Trinajstić information content (AvgIpc) is 3.28. The predicted molar refractivity (Wildman–Crippen MR) is 125 cm³/mol. The molecule has 11 heteroatoms. The van der Waals surface area contributed by atoms with E-state index in [1.807, 2.05) is 6.20 Å². The van der Waals surface area contributed by atoms with Crippen LogP contribution in [-0.4, -0.2) is 62.3 Å². The van der Waals surface area contributed by atoms with Gasteiger partial charge in [-0.05, 0) is 36.5 Å². The molecule has 0 spiro atoms. The molecule has 4 aromatic heterocycles. The lowest BCUT2D eigenvalue weighted by molar-refractivity contribution is -0.140. The molecule has 1 aliphatic carbocycles. The van der Waals surface area contributed by atoms with Crippen molar-refractivity contribution in [1.29, 1.82) is 0 Å². The molecule has 0 radical (unpaired) electrons. The van der Waals surface area contributed by atoms with Gasteiger partial charge >= 0.3 is 6.18 Å². The summed E-state index contributed by atoms with van der Waals surface area (Å²) in [5.41, 5.74) is 1.43. The number of nitrogens with zero attached hydrogens (tertiary/aromatic N) is 5. The number of halogens is 3. The van der Waals surface area contributed by atoms with Gasteiger partial charge in [0.05, 0.1) is 24.4 Å². The Bertz CT molecular complexity index is 1400. The van der Waals surface area contributed by atoms with Crippen LogP contribution in [0.2, 0.25) is 0 Å². The second-order valence-corrected chi connectivity index (χ2v) is 9.16. The van der Waals surface area contributed by atoms with E-state index in [1.165, 1.54) is 6.20 Å². The minimum absolute atomic E-state index is 0.0517. The summed E-state index contributed by atoms with van der Waals surface area (Å²) in [4.78, 5) is 22.7. The van der Waals surface area contributed by atoms with Crippen LogP contribution in [0.3, 0.4) is 0 Å². The predicted octanol–water partition coefficient (Wildman–Crippen LogP) is 3.62. The molecule has 35 heavy (non-hydrogen) atoms. The monoisotopic (exact) mass is 483 g/mol. The lowest BCUT2D eigenvalue weighted by atomic mass is 9.79. The van der Waals surface area contributed by atoms with Crippen molar-refractivity contribution in [3.63, 3.8) is 0 Å². The van der Waals surface area contributed by atoms with E-state index in [-0.39, 0.29) is 18.3 Å². The first-order chi connectivity index (χ1) is 16.9. The van der Waals surface area contributed by atoms with E-state index in [1.54, 1.807) is 12.3 Å². The Kier molecular flexibility index (Phi) is 5.33. The number of fused-ring (bicyclic) bond motifs is 2. The molecule has 4 aromatic rings. The fourth-order valence-corrected chi connectivity index (χ4v) is 5.02. The number of aromatic nitrogens is 5. The van der Waals surface area contributed by atoms with Gasteiger partial charge in [-0.15, -0.1) is 0 Å². The SMILES string of the molecule is OCC1CNCCN1c1nc(-c2ccnc3[nH]c(C(F)(F)F)cc23)nc2cncc(C3CCC3)c12. The lowest BCUT2D eigenvalue weighted by Crippen LogP contribution is -2.53. The summed E-state index contributed by atoms with van der Waals surface area (Å²) in [6.45, 7) is 1.92. The normalized spacial score (nSPS) is 19.4. The maximum atomic E-state index is 13.4. The van der Waals surface area contributed by atoms with Gasteiger partial charge in [0.2, 0.25) is 0 Å². The molecule has 0 bridgehead atoms. The molecule has 8 nitrogen and oxygen atoms in total. The van der Waals surface area contributed by atoms with Gasteiger partial charge in [-0.2, -0.15) is 13.2 Å². The van der Waals surface area contributed by atoms with E-state index in [0.717, 1.165) is 42.8 Å². The van der Waals surface area contributed by atoms with E-state index in [4.69, 9.17) is 9.97 Å². The van der Waals surface area contributed by atoms with E-state index < -0.39 is 11.9 Å². The van der Waals surface area contributed by atoms with Crippen LogP contribution in [0.25, 0.3) is 33.3 Å². The number of aromatic amines is 1. The van der Waals surface area contributed by atoms with Crippen molar-refractivity contribution in [2.24, 2.45) is 0 Å². The number of pyridine rings is 2. The number of aliphatic hydroxyl groups is 1. The highest BCUT2D eigenvalue weighted by Gasteiger charge is 2.34. The number of H-pyrrole nitrogens is 1. The molecule has 1 aliphatic heterocycles. The van der Waals surface area contributed by atoms with Crippen LogP contribution in [0.4, 0.5) is 19.0 Å². The molecule has 0 amide bonds. The van der Waals surface area contributed by atoms with Crippen LogP contribution in [0.1, 0.15) is 36.4 Å². The molecule has 6 rings (SSSR count). The second kappa shape index (κ2) is 8.42. The largest absolute Gasteiger partial charge is 0.431 e. The smallest absolute Gasteiger partial charge is 0.394 e. The maximum Gasteiger partial charge on any atom is 0.431 e. The maximum absolute atomic E-state index is 13.4. The summed E-state index contributed by atoms with van der Waals surface area (Å²) < 4.78 is 40.1. The molecule has 182 valence electrons. The summed E-state index contributed by atoms with van der Waals surface area (Å²) in [5.74, 6) is 1.36. The molecule has 2 fully saturated rings. The van der Waals surface area contributed by atoms with Crippen molar-refractivity contribution < 1.29 is 18.3 Å². The van der Waals surface area contributed by atoms with Crippen molar-refractivity contribution in [2.75, 3.05) is 31.1 Å². The molecule has 5 heterocycles. The van der Waals surface area contributed by atoms with Crippen LogP contribution in [-0.2, 0) is 6.18 Å². The fourth-order valence-electron chi connectivity index (χ4n) is 5.02. The quantitative estimate of drug-likeness (QED) is 0.407. The summed E-state index contributed by atoms with van der Waals surface area (Å²) in [5, 5.41) is 14.6. The van der Waals surface area contributed by atoms with Crippen LogP contribution in [0.5, 0.6) is 0 Å². The fraction of sp³-hybridized carbons (Fsp3) is 0.417. The van der Waals surface area contributed by atoms with Gasteiger partial charge in [0.25, 0.3) is 0 Å². The second-order valence-electron chi connectivity index (χ2n) is 9.16. The van der Waals surface area contributed by atoms with E-state index in [9.17, 15) is 18.3 Å². The first kappa shape index (κ1) is 22.2. The number of nitrogens with one attached hydrogen (secondary N) is 2. The Morgan fingerprint density at radius 3 is 2.77 bits per heavy atom. The summed E-state index contributed by atoms with van der Waals surface area (Å²) in [6, 6.07) is 2.50. The van der Waals surface area contributed by atoms with Gasteiger partial charge in [0, 0.05) is 48.4 Å². The Morgan fingerprint density at radius 2 is 2.03 bits per heavy atom. The highest BCUT2D eigenvalue weighted by Crippen LogP contribution is 2.42. The van der Waals surface area contributed by atoms with E-state index >= 15 is 0 Å². The van der Waals surface area contributed by atoms with Gasteiger partial charge in [0.15, 0.2) is 5.82 Å². The van der Waals surface area contributed by atoms with Crippen LogP contribution >= 0.6 is 0 Å². The molecule has 1 atom stereocenters. The van der Waals surface area contributed by atoms with Crippen LogP contribution in [0.15, 0.2) is 30.7 Å². The Balaban J connectivity index is 1.59. The van der Waals surface area contributed by atoms with Crippen LogP contribution < -0.4 is 10.2 Å². The number of hydrogen-bond acceptors (Lipinski definition) is 7. The molecule has 3 N–H and O–H groups in total. The lowest BCUT2D eigenvalue weighted by Gasteiger charge is -2.37. The molecular formula is C24H24F3N7O. The van der Waals surface area contributed by atoms with Gasteiger partial charge in [-0.3, -0.25) is 4.98 Å². The van der Waals surface area contributed by atoms with Crippen molar-refractivity contribution >= 4 is 27.8 Å². The molecule has 1 saturated heterocycles. The molecule has 2 aliphatic rings. The number of rotatable bonds is 4. The van der Waals surface area contributed by atoms with Crippen molar-refractivity contribution in [1.82, 2.24) is 30.2 Å².